The Kier molecular flexibility index (Phi) is 4.48. The number of aryl methyl sites for hydroxylation is 1. The Hall–Kier alpha value is -1.01. The minimum atomic E-state index is 0.656. The number of benzene rings is 1. The zero-order chi connectivity index (χ0) is 10.4. The molecule has 1 aromatic carbocycles. The summed E-state index contributed by atoms with van der Waals surface area (Å²) in [7, 11) is 0. The first kappa shape index (κ1) is 11.1. The van der Waals surface area contributed by atoms with Gasteiger partial charge in [0, 0.05) is 5.88 Å². The van der Waals surface area contributed by atoms with E-state index in [2.05, 4.69) is 43.8 Å². The molecular weight excluding hydrogens is 192 g/mol. The lowest BCUT2D eigenvalue weighted by molar-refractivity contribution is 1.24. The second kappa shape index (κ2) is 5.66. The summed E-state index contributed by atoms with van der Waals surface area (Å²) in [6.07, 6.45) is 4.87. The molecule has 0 heterocycles. The Bertz CT molecular complexity index is 320. The van der Waals surface area contributed by atoms with Gasteiger partial charge in [0.05, 0.1) is 0 Å². The van der Waals surface area contributed by atoms with E-state index in [9.17, 15) is 0 Å². The topological polar surface area (TPSA) is 0 Å². The van der Waals surface area contributed by atoms with E-state index in [-0.39, 0.29) is 0 Å². The fourth-order valence-electron chi connectivity index (χ4n) is 1.28. The summed E-state index contributed by atoms with van der Waals surface area (Å²) in [6, 6.07) is 8.43. The Morgan fingerprint density at radius 3 is 2.50 bits per heavy atom. The second-order valence-electron chi connectivity index (χ2n) is 3.21. The second-order valence-corrected chi connectivity index (χ2v) is 3.59. The number of allylic oxidation sites excluding steroid dienone is 3. The van der Waals surface area contributed by atoms with E-state index in [1.54, 1.807) is 0 Å². The van der Waals surface area contributed by atoms with Gasteiger partial charge in [0.25, 0.3) is 0 Å². The molecular formula is C13H15Cl. The van der Waals surface area contributed by atoms with Crippen LogP contribution in [0.2, 0.25) is 0 Å². The van der Waals surface area contributed by atoms with Crippen molar-refractivity contribution in [3.8, 4) is 0 Å². The van der Waals surface area contributed by atoms with E-state index in [1.807, 2.05) is 6.08 Å². The van der Waals surface area contributed by atoms with Crippen molar-refractivity contribution in [3.05, 3.63) is 54.1 Å². The van der Waals surface area contributed by atoms with Crippen molar-refractivity contribution in [1.82, 2.24) is 0 Å². The molecule has 0 spiro atoms. The van der Waals surface area contributed by atoms with Gasteiger partial charge in [-0.25, -0.2) is 0 Å². The van der Waals surface area contributed by atoms with Gasteiger partial charge in [-0.2, -0.15) is 0 Å². The Balaban J connectivity index is 2.89. The molecule has 0 nitrogen and oxygen atoms in total. The van der Waals surface area contributed by atoms with Crippen LogP contribution in [-0.2, 0) is 0 Å². The van der Waals surface area contributed by atoms with Crippen molar-refractivity contribution in [2.75, 3.05) is 5.88 Å². The van der Waals surface area contributed by atoms with Gasteiger partial charge < -0.3 is 0 Å². The maximum Gasteiger partial charge on any atom is 0.0258 e. The standard InChI is InChI=1S/C13H15Cl/c1-3-12(5-4-10-14)13-8-6-11(2)7-9-13/h3,5-9H,1,4,10H2,2H3/b12-5+. The van der Waals surface area contributed by atoms with Gasteiger partial charge in [0.15, 0.2) is 0 Å². The normalized spacial score (nSPS) is 11.4. The van der Waals surface area contributed by atoms with Gasteiger partial charge in [-0.05, 0) is 24.5 Å². The summed E-state index contributed by atoms with van der Waals surface area (Å²) in [6.45, 7) is 5.88. The highest BCUT2D eigenvalue weighted by atomic mass is 35.5. The van der Waals surface area contributed by atoms with Gasteiger partial charge in [0.1, 0.15) is 0 Å². The number of hydrogen-bond donors (Lipinski definition) is 0. The molecule has 0 aliphatic heterocycles. The molecule has 0 N–H and O–H groups in total. The molecule has 0 aliphatic carbocycles. The van der Waals surface area contributed by atoms with Crippen LogP contribution in [0.5, 0.6) is 0 Å². The van der Waals surface area contributed by atoms with E-state index in [0.717, 1.165) is 12.0 Å². The van der Waals surface area contributed by atoms with Crippen molar-refractivity contribution in [3.63, 3.8) is 0 Å². The first-order chi connectivity index (χ1) is 6.77. The van der Waals surface area contributed by atoms with E-state index < -0.39 is 0 Å². The van der Waals surface area contributed by atoms with Crippen LogP contribution in [0.1, 0.15) is 17.5 Å². The van der Waals surface area contributed by atoms with Crippen LogP contribution in [-0.4, -0.2) is 5.88 Å². The summed E-state index contributed by atoms with van der Waals surface area (Å²) < 4.78 is 0. The summed E-state index contributed by atoms with van der Waals surface area (Å²) in [4.78, 5) is 0. The molecule has 0 unspecified atom stereocenters. The third-order valence-electron chi connectivity index (χ3n) is 2.08. The number of alkyl halides is 1. The minimum absolute atomic E-state index is 0.656. The maximum absolute atomic E-state index is 5.64. The predicted octanol–water partition coefficient (Wildman–Crippen LogP) is 4.19. The Morgan fingerprint density at radius 1 is 1.36 bits per heavy atom. The van der Waals surface area contributed by atoms with Crippen LogP contribution in [0.25, 0.3) is 5.57 Å². The quantitative estimate of drug-likeness (QED) is 0.512. The molecule has 14 heavy (non-hydrogen) atoms. The zero-order valence-corrected chi connectivity index (χ0v) is 9.22. The van der Waals surface area contributed by atoms with Crippen LogP contribution in [0, 0.1) is 6.92 Å². The smallest absolute Gasteiger partial charge is 0.0258 e. The van der Waals surface area contributed by atoms with Crippen molar-refractivity contribution in [2.45, 2.75) is 13.3 Å². The third kappa shape index (κ3) is 3.04. The number of halogens is 1. The van der Waals surface area contributed by atoms with Crippen LogP contribution in [0.3, 0.4) is 0 Å². The van der Waals surface area contributed by atoms with E-state index in [1.165, 1.54) is 11.1 Å². The first-order valence-corrected chi connectivity index (χ1v) is 5.27. The largest absolute Gasteiger partial charge is 0.126 e. The lowest BCUT2D eigenvalue weighted by Gasteiger charge is -2.02. The van der Waals surface area contributed by atoms with Crippen LogP contribution < -0.4 is 0 Å². The first-order valence-electron chi connectivity index (χ1n) is 4.73. The van der Waals surface area contributed by atoms with Gasteiger partial charge in [-0.1, -0.05) is 48.6 Å². The highest BCUT2D eigenvalue weighted by Crippen LogP contribution is 2.16. The Morgan fingerprint density at radius 2 is 2.00 bits per heavy atom. The molecule has 1 rings (SSSR count). The molecule has 0 amide bonds. The molecule has 1 aromatic rings. The molecule has 74 valence electrons. The van der Waals surface area contributed by atoms with Crippen LogP contribution >= 0.6 is 11.6 Å². The molecule has 0 atom stereocenters. The van der Waals surface area contributed by atoms with Crippen molar-refractivity contribution >= 4 is 17.2 Å². The van der Waals surface area contributed by atoms with Gasteiger partial charge in [-0.15, -0.1) is 11.6 Å². The summed E-state index contributed by atoms with van der Waals surface area (Å²) in [5.41, 5.74) is 3.64. The van der Waals surface area contributed by atoms with Crippen molar-refractivity contribution in [2.24, 2.45) is 0 Å². The van der Waals surface area contributed by atoms with Gasteiger partial charge >= 0.3 is 0 Å². The number of rotatable bonds is 4. The summed E-state index contributed by atoms with van der Waals surface area (Å²) >= 11 is 5.64. The minimum Gasteiger partial charge on any atom is -0.126 e. The van der Waals surface area contributed by atoms with E-state index in [4.69, 9.17) is 11.6 Å². The molecule has 0 aromatic heterocycles. The van der Waals surface area contributed by atoms with Crippen molar-refractivity contribution in [1.29, 1.82) is 0 Å². The highest BCUT2D eigenvalue weighted by Gasteiger charge is 1.95. The molecule has 0 aliphatic rings. The fourth-order valence-corrected chi connectivity index (χ4v) is 1.38. The lowest BCUT2D eigenvalue weighted by Crippen LogP contribution is -1.82. The molecule has 1 heteroatoms. The van der Waals surface area contributed by atoms with E-state index >= 15 is 0 Å². The van der Waals surface area contributed by atoms with Crippen LogP contribution in [0.4, 0.5) is 0 Å². The maximum atomic E-state index is 5.64. The fraction of sp³-hybridized carbons (Fsp3) is 0.231. The van der Waals surface area contributed by atoms with Crippen molar-refractivity contribution < 1.29 is 0 Å². The average molecular weight is 207 g/mol. The van der Waals surface area contributed by atoms with Crippen LogP contribution in [0.15, 0.2) is 43.0 Å². The number of hydrogen-bond acceptors (Lipinski definition) is 0. The molecule has 0 radical (unpaired) electrons. The SMILES string of the molecule is C=C/C(=C\CCCl)c1ccc(C)cc1. The van der Waals surface area contributed by atoms with Gasteiger partial charge in [0.2, 0.25) is 0 Å². The third-order valence-corrected chi connectivity index (χ3v) is 2.30. The highest BCUT2D eigenvalue weighted by molar-refractivity contribution is 6.18. The lowest BCUT2D eigenvalue weighted by atomic mass is 10.0. The molecule has 0 fully saturated rings. The summed E-state index contributed by atoms with van der Waals surface area (Å²) in [5.74, 6) is 0.656. The Labute approximate surface area is 90.9 Å². The average Bonchev–Trinajstić information content (AvgIpc) is 2.21. The van der Waals surface area contributed by atoms with E-state index in [0.29, 0.717) is 5.88 Å². The molecule has 0 saturated heterocycles. The predicted molar refractivity (Wildman–Crippen MR) is 64.7 cm³/mol. The van der Waals surface area contributed by atoms with Gasteiger partial charge in [-0.3, -0.25) is 0 Å². The molecule has 0 saturated carbocycles. The monoisotopic (exact) mass is 206 g/mol. The molecule has 0 bridgehead atoms. The summed E-state index contributed by atoms with van der Waals surface area (Å²) in [5, 5.41) is 0. The zero-order valence-electron chi connectivity index (χ0n) is 8.46.